The smallest absolute Gasteiger partial charge is 0.0500 e. The molecule has 0 aliphatic carbocycles. The number of nitrogens with zero attached hydrogens (tertiary/aromatic N) is 1. The maximum atomic E-state index is 10.0. The van der Waals surface area contributed by atoms with E-state index < -0.39 is 0 Å². The van der Waals surface area contributed by atoms with Gasteiger partial charge in [0.05, 0.1) is 0 Å². The zero-order chi connectivity index (χ0) is 16.4. The summed E-state index contributed by atoms with van der Waals surface area (Å²) in [4.78, 5) is 2.53. The number of nitrogens with one attached hydrogen (secondary N) is 1. The number of aliphatic hydroxyl groups is 1. The molecule has 1 heterocycles. The predicted molar refractivity (Wildman–Crippen MR) is 104 cm³/mol. The number of aryl methyl sites for hydroxylation is 1. The summed E-state index contributed by atoms with van der Waals surface area (Å²) < 4.78 is 0. The quantitative estimate of drug-likeness (QED) is 0.887. The molecule has 24 heavy (non-hydrogen) atoms. The number of fused-ring (bicyclic) bond motifs is 1. The Labute approximate surface area is 151 Å². The largest absolute Gasteiger partial charge is 0.396 e. The van der Waals surface area contributed by atoms with E-state index in [0.717, 1.165) is 26.2 Å². The SMILES string of the molecule is Cc1ccc([C@H](N2CCNCC2)C(C)(C)CO)c2ccccc12.Cl. The number of halogens is 1. The maximum Gasteiger partial charge on any atom is 0.0500 e. The molecular formula is C20H29ClN2O. The van der Waals surface area contributed by atoms with E-state index >= 15 is 0 Å². The number of benzene rings is 2. The summed E-state index contributed by atoms with van der Waals surface area (Å²) in [6.07, 6.45) is 0. The monoisotopic (exact) mass is 348 g/mol. The van der Waals surface area contributed by atoms with Crippen molar-refractivity contribution in [2.75, 3.05) is 32.8 Å². The van der Waals surface area contributed by atoms with Crippen LogP contribution in [-0.2, 0) is 0 Å². The molecule has 0 spiro atoms. The second-order valence-electron chi connectivity index (χ2n) is 7.35. The summed E-state index contributed by atoms with van der Waals surface area (Å²) in [6, 6.07) is 13.4. The standard InChI is InChI=1S/C20H28N2O.ClH/c1-15-8-9-18(17-7-5-4-6-16(15)17)19(20(2,3)14-23)22-12-10-21-11-13-22;/h4-9,19,21,23H,10-14H2,1-3H3;1H/t19-;/m0./s1. The molecule has 0 aromatic heterocycles. The number of piperazine rings is 1. The lowest BCUT2D eigenvalue weighted by Gasteiger charge is -2.44. The molecule has 1 fully saturated rings. The molecule has 1 aliphatic rings. The average molecular weight is 349 g/mol. The summed E-state index contributed by atoms with van der Waals surface area (Å²) in [5.41, 5.74) is 2.47. The Bertz CT molecular complexity index is 680. The zero-order valence-corrected chi connectivity index (χ0v) is 15.7. The topological polar surface area (TPSA) is 35.5 Å². The van der Waals surface area contributed by atoms with Crippen molar-refractivity contribution < 1.29 is 5.11 Å². The van der Waals surface area contributed by atoms with Crippen LogP contribution in [0.15, 0.2) is 36.4 Å². The van der Waals surface area contributed by atoms with Gasteiger partial charge in [-0.2, -0.15) is 0 Å². The Kier molecular flexibility index (Phi) is 6.27. The first kappa shape index (κ1) is 19.2. The molecule has 3 nitrogen and oxygen atoms in total. The van der Waals surface area contributed by atoms with Crippen molar-refractivity contribution in [1.29, 1.82) is 0 Å². The van der Waals surface area contributed by atoms with Crippen molar-refractivity contribution in [3.05, 3.63) is 47.5 Å². The summed E-state index contributed by atoms with van der Waals surface area (Å²) in [5.74, 6) is 0. The first-order valence-corrected chi connectivity index (χ1v) is 8.58. The Balaban J connectivity index is 0.00000208. The van der Waals surface area contributed by atoms with Crippen LogP contribution in [0.5, 0.6) is 0 Å². The highest BCUT2D eigenvalue weighted by Gasteiger charge is 2.36. The van der Waals surface area contributed by atoms with Crippen LogP contribution in [0, 0.1) is 12.3 Å². The van der Waals surface area contributed by atoms with E-state index in [4.69, 9.17) is 0 Å². The Hall–Kier alpha value is -1.13. The molecule has 0 unspecified atom stereocenters. The fourth-order valence-corrected chi connectivity index (χ4v) is 3.85. The van der Waals surface area contributed by atoms with Crippen LogP contribution < -0.4 is 5.32 Å². The normalized spacial score (nSPS) is 17.5. The lowest BCUT2D eigenvalue weighted by atomic mass is 9.78. The van der Waals surface area contributed by atoms with E-state index in [2.05, 4.69) is 67.4 Å². The van der Waals surface area contributed by atoms with E-state index in [1.165, 1.54) is 21.9 Å². The molecular weight excluding hydrogens is 320 g/mol. The molecule has 0 saturated carbocycles. The minimum absolute atomic E-state index is 0. The van der Waals surface area contributed by atoms with Gasteiger partial charge in [0, 0.05) is 44.2 Å². The van der Waals surface area contributed by atoms with Gasteiger partial charge in [0.15, 0.2) is 0 Å². The van der Waals surface area contributed by atoms with Crippen molar-refractivity contribution in [1.82, 2.24) is 10.2 Å². The van der Waals surface area contributed by atoms with Crippen LogP contribution in [0.3, 0.4) is 0 Å². The fraction of sp³-hybridized carbons (Fsp3) is 0.500. The summed E-state index contributed by atoms with van der Waals surface area (Å²) in [7, 11) is 0. The van der Waals surface area contributed by atoms with E-state index in [-0.39, 0.29) is 30.5 Å². The minimum Gasteiger partial charge on any atom is -0.396 e. The summed E-state index contributed by atoms with van der Waals surface area (Å²) >= 11 is 0. The van der Waals surface area contributed by atoms with E-state index in [1.54, 1.807) is 0 Å². The van der Waals surface area contributed by atoms with Crippen molar-refractivity contribution in [2.45, 2.75) is 26.8 Å². The molecule has 0 radical (unpaired) electrons. The summed E-state index contributed by atoms with van der Waals surface area (Å²) in [6.45, 7) is 10.8. The maximum absolute atomic E-state index is 10.0. The molecule has 132 valence electrons. The lowest BCUT2D eigenvalue weighted by molar-refractivity contribution is 0.0313. The van der Waals surface area contributed by atoms with Gasteiger partial charge >= 0.3 is 0 Å². The molecule has 2 aromatic rings. The third-order valence-corrected chi connectivity index (χ3v) is 5.13. The molecule has 1 aliphatic heterocycles. The molecule has 1 saturated heterocycles. The van der Waals surface area contributed by atoms with Crippen molar-refractivity contribution in [2.24, 2.45) is 5.41 Å². The number of hydrogen-bond acceptors (Lipinski definition) is 3. The fourth-order valence-electron chi connectivity index (χ4n) is 3.85. The molecule has 0 amide bonds. The highest BCUT2D eigenvalue weighted by Crippen LogP contribution is 2.41. The second-order valence-corrected chi connectivity index (χ2v) is 7.35. The third-order valence-electron chi connectivity index (χ3n) is 5.13. The van der Waals surface area contributed by atoms with Gasteiger partial charge in [-0.3, -0.25) is 4.90 Å². The van der Waals surface area contributed by atoms with E-state index in [0.29, 0.717) is 0 Å². The number of rotatable bonds is 4. The van der Waals surface area contributed by atoms with E-state index in [9.17, 15) is 5.11 Å². The van der Waals surface area contributed by atoms with Gasteiger partial charge in [-0.1, -0.05) is 50.2 Å². The van der Waals surface area contributed by atoms with Gasteiger partial charge in [0.25, 0.3) is 0 Å². The van der Waals surface area contributed by atoms with Crippen molar-refractivity contribution >= 4 is 23.2 Å². The van der Waals surface area contributed by atoms with Crippen LogP contribution >= 0.6 is 12.4 Å². The number of hydrogen-bond donors (Lipinski definition) is 2. The van der Waals surface area contributed by atoms with Gasteiger partial charge in [-0.05, 0) is 28.8 Å². The van der Waals surface area contributed by atoms with Crippen LogP contribution in [0.25, 0.3) is 10.8 Å². The average Bonchev–Trinajstić information content (AvgIpc) is 2.58. The van der Waals surface area contributed by atoms with Crippen LogP contribution in [0.1, 0.15) is 31.0 Å². The molecule has 2 N–H and O–H groups in total. The highest BCUT2D eigenvalue weighted by atomic mass is 35.5. The second kappa shape index (κ2) is 7.83. The molecule has 4 heteroatoms. The summed E-state index contributed by atoms with van der Waals surface area (Å²) in [5, 5.41) is 16.1. The molecule has 2 aromatic carbocycles. The Morgan fingerprint density at radius 1 is 1.08 bits per heavy atom. The Morgan fingerprint density at radius 3 is 2.33 bits per heavy atom. The molecule has 3 rings (SSSR count). The number of aliphatic hydroxyl groups excluding tert-OH is 1. The van der Waals surface area contributed by atoms with Gasteiger partial charge < -0.3 is 10.4 Å². The predicted octanol–water partition coefficient (Wildman–Crippen LogP) is 3.53. The minimum atomic E-state index is -0.185. The van der Waals surface area contributed by atoms with Crippen LogP contribution in [0.4, 0.5) is 0 Å². The first-order chi connectivity index (χ1) is 11.0. The van der Waals surface area contributed by atoms with Crippen molar-refractivity contribution in [3.8, 4) is 0 Å². The van der Waals surface area contributed by atoms with Gasteiger partial charge in [0.2, 0.25) is 0 Å². The third kappa shape index (κ3) is 3.60. The van der Waals surface area contributed by atoms with Crippen molar-refractivity contribution in [3.63, 3.8) is 0 Å². The lowest BCUT2D eigenvalue weighted by Crippen LogP contribution is -2.49. The highest BCUT2D eigenvalue weighted by molar-refractivity contribution is 5.89. The Morgan fingerprint density at radius 2 is 1.71 bits per heavy atom. The zero-order valence-electron chi connectivity index (χ0n) is 14.9. The van der Waals surface area contributed by atoms with Gasteiger partial charge in [-0.25, -0.2) is 0 Å². The molecule has 1 atom stereocenters. The first-order valence-electron chi connectivity index (χ1n) is 8.58. The van der Waals surface area contributed by atoms with Gasteiger partial charge in [-0.15, -0.1) is 12.4 Å². The van der Waals surface area contributed by atoms with E-state index in [1.807, 2.05) is 0 Å². The van der Waals surface area contributed by atoms with Gasteiger partial charge in [0.1, 0.15) is 0 Å². The molecule has 0 bridgehead atoms. The van der Waals surface area contributed by atoms with Crippen LogP contribution in [0.2, 0.25) is 0 Å². The van der Waals surface area contributed by atoms with Crippen LogP contribution in [-0.4, -0.2) is 42.8 Å².